The van der Waals surface area contributed by atoms with Gasteiger partial charge in [0.2, 0.25) is 0 Å². The normalized spacial score (nSPS) is 41.0. The summed E-state index contributed by atoms with van der Waals surface area (Å²) in [4.78, 5) is 2.35. The van der Waals surface area contributed by atoms with E-state index in [-0.39, 0.29) is 11.0 Å². The summed E-state index contributed by atoms with van der Waals surface area (Å²) in [7, 11) is 4.41. The van der Waals surface area contributed by atoms with Crippen molar-refractivity contribution in [3.05, 3.63) is 47.5 Å². The van der Waals surface area contributed by atoms with Gasteiger partial charge in [-0.15, -0.1) is 0 Å². The molecular weight excluding hydrogens is 378 g/mol. The molecule has 2 bridgehead atoms. The SMILES string of the molecule is CN(C)CC1COC(c2ccccc2)(C2(C)CC3CC(=CC(C)(C4CCCC4)C2)C3)C1. The highest BCUT2D eigenvalue weighted by molar-refractivity contribution is 5.30. The number of nitrogens with zero attached hydrogens (tertiary/aromatic N) is 1. The highest BCUT2D eigenvalue weighted by atomic mass is 16.5. The molecule has 1 aromatic carbocycles. The van der Waals surface area contributed by atoms with Gasteiger partial charge in [0.15, 0.2) is 0 Å². The molecule has 3 fully saturated rings. The average molecular weight is 422 g/mol. The van der Waals surface area contributed by atoms with Gasteiger partial charge in [-0.25, -0.2) is 0 Å². The second-order valence-corrected chi connectivity index (χ2v) is 12.3. The summed E-state index contributed by atoms with van der Waals surface area (Å²) in [6.07, 6.45) is 14.9. The number of rotatable bonds is 5. The maximum atomic E-state index is 7.05. The Kier molecular flexibility index (Phi) is 5.62. The van der Waals surface area contributed by atoms with E-state index < -0.39 is 0 Å². The van der Waals surface area contributed by atoms with Gasteiger partial charge in [-0.1, -0.05) is 68.7 Å². The van der Waals surface area contributed by atoms with E-state index in [4.69, 9.17) is 4.74 Å². The summed E-state index contributed by atoms with van der Waals surface area (Å²) < 4.78 is 7.05. The monoisotopic (exact) mass is 421 g/mol. The first-order valence-corrected chi connectivity index (χ1v) is 12.9. The first-order valence-electron chi connectivity index (χ1n) is 12.9. The van der Waals surface area contributed by atoms with Gasteiger partial charge in [-0.2, -0.15) is 0 Å². The third-order valence-corrected chi connectivity index (χ3v) is 9.41. The average Bonchev–Trinajstić information content (AvgIpc) is 3.36. The van der Waals surface area contributed by atoms with E-state index in [1.807, 2.05) is 0 Å². The van der Waals surface area contributed by atoms with E-state index in [1.54, 1.807) is 5.57 Å². The van der Waals surface area contributed by atoms with Crippen LogP contribution in [-0.4, -0.2) is 32.1 Å². The van der Waals surface area contributed by atoms with Crippen LogP contribution in [0.1, 0.15) is 77.2 Å². The van der Waals surface area contributed by atoms with Crippen LogP contribution in [0.5, 0.6) is 0 Å². The predicted octanol–water partition coefficient (Wildman–Crippen LogP) is 6.81. The van der Waals surface area contributed by atoms with E-state index in [0.717, 1.165) is 31.4 Å². The topological polar surface area (TPSA) is 12.5 Å². The molecule has 1 heterocycles. The first kappa shape index (κ1) is 21.7. The molecule has 4 aliphatic carbocycles. The van der Waals surface area contributed by atoms with E-state index in [2.05, 4.69) is 69.3 Å². The number of benzene rings is 1. The lowest BCUT2D eigenvalue weighted by Gasteiger charge is -2.55. The third kappa shape index (κ3) is 3.82. The fraction of sp³-hybridized carbons (Fsp3) is 0.724. The largest absolute Gasteiger partial charge is 0.369 e. The van der Waals surface area contributed by atoms with Gasteiger partial charge >= 0.3 is 0 Å². The molecule has 2 heteroatoms. The van der Waals surface area contributed by atoms with Gasteiger partial charge in [0.1, 0.15) is 0 Å². The summed E-state index contributed by atoms with van der Waals surface area (Å²) >= 11 is 0. The third-order valence-electron chi connectivity index (χ3n) is 9.41. The molecule has 5 aliphatic rings. The van der Waals surface area contributed by atoms with Crippen molar-refractivity contribution >= 4 is 0 Å². The molecule has 0 N–H and O–H groups in total. The standard InChI is InChI=1S/C29H43NO/c1-27(25-10-8-9-11-25)16-22-14-23(15-22)17-28(2,21-27)29(26-12-6-5-7-13-26)18-24(20-31-29)19-30(3)4/h5-7,12-13,16,23-25H,8-11,14-15,17-21H2,1-4H3. The summed E-state index contributed by atoms with van der Waals surface area (Å²) in [5, 5.41) is 0. The lowest BCUT2D eigenvalue weighted by molar-refractivity contribution is -0.132. The molecule has 2 nitrogen and oxygen atoms in total. The van der Waals surface area contributed by atoms with Crippen molar-refractivity contribution in [1.82, 2.24) is 4.90 Å². The summed E-state index contributed by atoms with van der Waals surface area (Å²) in [5.41, 5.74) is 3.51. The van der Waals surface area contributed by atoms with Crippen LogP contribution in [0.15, 0.2) is 42.0 Å². The zero-order valence-corrected chi connectivity index (χ0v) is 20.3. The van der Waals surface area contributed by atoms with Crippen molar-refractivity contribution in [2.75, 3.05) is 27.2 Å². The lowest BCUT2D eigenvalue weighted by atomic mass is 9.51. The summed E-state index contributed by atoms with van der Waals surface area (Å²) in [6.45, 7) is 7.24. The summed E-state index contributed by atoms with van der Waals surface area (Å²) in [5.74, 6) is 2.31. The van der Waals surface area contributed by atoms with Crippen molar-refractivity contribution in [3.63, 3.8) is 0 Å². The molecule has 2 saturated carbocycles. The van der Waals surface area contributed by atoms with Crippen LogP contribution in [0.3, 0.4) is 0 Å². The van der Waals surface area contributed by atoms with Gasteiger partial charge < -0.3 is 9.64 Å². The van der Waals surface area contributed by atoms with Crippen molar-refractivity contribution < 1.29 is 4.74 Å². The molecule has 1 saturated heterocycles. The fourth-order valence-electron chi connectivity index (χ4n) is 8.26. The minimum atomic E-state index is -0.157. The van der Waals surface area contributed by atoms with Crippen molar-refractivity contribution in [2.24, 2.45) is 28.6 Å². The molecule has 1 aliphatic heterocycles. The Morgan fingerprint density at radius 2 is 1.71 bits per heavy atom. The number of allylic oxidation sites excluding steroid dienone is 2. The lowest BCUT2D eigenvalue weighted by Crippen LogP contribution is -2.50. The maximum absolute atomic E-state index is 7.05. The van der Waals surface area contributed by atoms with Crippen molar-refractivity contribution in [3.8, 4) is 0 Å². The smallest absolute Gasteiger partial charge is 0.0989 e. The van der Waals surface area contributed by atoms with Gasteiger partial charge in [0, 0.05) is 12.0 Å². The number of hydrogen-bond acceptors (Lipinski definition) is 2. The predicted molar refractivity (Wildman–Crippen MR) is 129 cm³/mol. The van der Waals surface area contributed by atoms with E-state index >= 15 is 0 Å². The number of ether oxygens (including phenoxy) is 1. The molecule has 0 amide bonds. The Morgan fingerprint density at radius 3 is 2.39 bits per heavy atom. The minimum absolute atomic E-state index is 0.157. The minimum Gasteiger partial charge on any atom is -0.369 e. The molecule has 4 unspecified atom stereocenters. The Balaban J connectivity index is 1.56. The second-order valence-electron chi connectivity index (χ2n) is 12.3. The Bertz CT molecular complexity index is 801. The molecule has 4 atom stereocenters. The molecule has 0 spiro atoms. The molecule has 31 heavy (non-hydrogen) atoms. The van der Waals surface area contributed by atoms with Crippen LogP contribution in [0.4, 0.5) is 0 Å². The zero-order chi connectivity index (χ0) is 21.7. The van der Waals surface area contributed by atoms with Crippen LogP contribution in [0, 0.1) is 28.6 Å². The molecule has 1 aromatic rings. The Morgan fingerprint density at radius 1 is 1.00 bits per heavy atom. The zero-order valence-electron chi connectivity index (χ0n) is 20.3. The molecule has 170 valence electrons. The van der Waals surface area contributed by atoms with Gasteiger partial charge in [0.25, 0.3) is 0 Å². The van der Waals surface area contributed by atoms with Gasteiger partial charge in [-0.3, -0.25) is 0 Å². The molecule has 0 aromatic heterocycles. The van der Waals surface area contributed by atoms with Crippen LogP contribution in [0.25, 0.3) is 0 Å². The Hall–Kier alpha value is -1.12. The van der Waals surface area contributed by atoms with E-state index in [1.165, 1.54) is 56.9 Å². The van der Waals surface area contributed by atoms with Crippen molar-refractivity contribution in [1.29, 1.82) is 0 Å². The summed E-state index contributed by atoms with van der Waals surface area (Å²) in [6, 6.07) is 11.3. The molecule has 0 radical (unpaired) electrons. The second kappa shape index (κ2) is 8.03. The highest BCUT2D eigenvalue weighted by Gasteiger charge is 2.59. The van der Waals surface area contributed by atoms with Crippen LogP contribution in [0.2, 0.25) is 0 Å². The van der Waals surface area contributed by atoms with Crippen LogP contribution < -0.4 is 0 Å². The van der Waals surface area contributed by atoms with Gasteiger partial charge in [-0.05, 0) is 87.8 Å². The molecular formula is C29H43NO. The number of fused-ring (bicyclic) bond motifs is 4. The van der Waals surface area contributed by atoms with Crippen molar-refractivity contribution in [2.45, 2.75) is 77.2 Å². The fourth-order valence-corrected chi connectivity index (χ4v) is 8.26. The molecule has 6 rings (SSSR count). The highest BCUT2D eigenvalue weighted by Crippen LogP contribution is 2.64. The van der Waals surface area contributed by atoms with Crippen LogP contribution in [-0.2, 0) is 10.3 Å². The van der Waals surface area contributed by atoms with Crippen LogP contribution >= 0.6 is 0 Å². The maximum Gasteiger partial charge on any atom is 0.0989 e. The van der Waals surface area contributed by atoms with E-state index in [0.29, 0.717) is 11.3 Å². The first-order chi connectivity index (χ1) is 14.8. The Labute approximate surface area is 190 Å². The number of hydrogen-bond donors (Lipinski definition) is 0. The van der Waals surface area contributed by atoms with E-state index in [9.17, 15) is 0 Å². The van der Waals surface area contributed by atoms with Gasteiger partial charge in [0.05, 0.1) is 12.2 Å². The quantitative estimate of drug-likeness (QED) is 0.484.